The average Bonchev–Trinajstić information content (AvgIpc) is 1.51. The number of carbonyl (C=O) groups excluding carboxylic acids is 2. The summed E-state index contributed by atoms with van der Waals surface area (Å²) < 4.78 is 354. The largest absolute Gasteiger partial charge is 0.416 e. The second kappa shape index (κ2) is 32.9. The zero-order valence-corrected chi connectivity index (χ0v) is 53.9. The molecule has 8 aromatic rings. The van der Waals surface area contributed by atoms with Crippen LogP contribution in [-0.4, -0.2) is 103 Å². The van der Waals surface area contributed by atoms with Crippen molar-refractivity contribution >= 4 is 35.3 Å². The molecule has 0 bridgehead atoms. The molecule has 0 fully saturated rings. The number of halogens is 8. The summed E-state index contributed by atoms with van der Waals surface area (Å²) in [6.07, 6.45) is -19.0. The fraction of sp³-hybridized carbons (Fsp3) is 0.378. The van der Waals surface area contributed by atoms with Crippen molar-refractivity contribution in [1.29, 1.82) is 0 Å². The third-order valence-electron chi connectivity index (χ3n) is 14.9. The Morgan fingerprint density at radius 2 is 1.20 bits per heavy atom. The molecule has 10 rings (SSSR count). The molecule has 0 radical (unpaired) electrons. The summed E-state index contributed by atoms with van der Waals surface area (Å²) in [5.74, 6) is -5.09. The Bertz CT molecular complexity index is 5500. The van der Waals surface area contributed by atoms with Gasteiger partial charge in [0.1, 0.15) is 24.7 Å². The van der Waals surface area contributed by atoms with Crippen LogP contribution in [0.25, 0.3) is 22.3 Å². The van der Waals surface area contributed by atoms with E-state index in [4.69, 9.17) is 31.5 Å². The quantitative estimate of drug-likeness (QED) is 0.0295. The second-order valence-corrected chi connectivity index (χ2v) is 22.9. The SMILES string of the molecule is [2H]C(C)(c1ccc(-c2ccc(C(F)(F)F)cc2)cc1)N(C(=O)Cn1c(SCc2ccc(F)cc2)nc(=O)c2c1CCC2)C([2H])([2H])C([2H])([2H])N(CC)CC.[2H]c1c([2H])c(CSc2nc(=O)c3c(n2CC(=O)N(CCN(C([2H])([2H])C)C([2H])([2H])C)C([2H])([2H])c2c([2H])c([2H])c(-c4c([2H])c([2H])c(C(F)(F)F)c(C)c4[2H])c([2H])c2[2H])C([2H])([2H])C([2H])([2H])C3([2H])[2H])c([2H])c([2H])c1F. The minimum atomic E-state index is -5.26. The Labute approximate surface area is 603 Å². The molecular weight excluding hydrogens is 1280 g/mol. The first kappa shape index (κ1) is 43.4. The van der Waals surface area contributed by atoms with E-state index in [9.17, 15) is 61.2 Å². The number of amides is 2. The van der Waals surface area contributed by atoms with Crippen LogP contribution in [-0.2, 0) is 78.6 Å². The smallest absolute Gasteiger partial charge is 0.336 e. The maximum absolute atomic E-state index is 15.0. The molecule has 2 aliphatic carbocycles. The molecule has 96 heavy (non-hydrogen) atoms. The fourth-order valence-electron chi connectivity index (χ4n) is 9.77. The molecule has 0 aliphatic heterocycles. The van der Waals surface area contributed by atoms with E-state index < -0.39 is 258 Å². The van der Waals surface area contributed by atoms with Gasteiger partial charge >= 0.3 is 12.4 Å². The predicted octanol–water partition coefficient (Wildman–Crippen LogP) is 15.3. The van der Waals surface area contributed by atoms with Crippen LogP contribution in [0.2, 0.25) is 0 Å². The lowest BCUT2D eigenvalue weighted by molar-refractivity contribution is -0.138. The first-order valence-electron chi connectivity index (χ1n) is 43.5. The van der Waals surface area contributed by atoms with E-state index >= 15 is 0 Å². The Kier molecular flexibility index (Phi) is 14.9. The Hall–Kier alpha value is -7.92. The van der Waals surface area contributed by atoms with Crippen molar-refractivity contribution in [3.8, 4) is 22.3 Å². The lowest BCUT2D eigenvalue weighted by Gasteiger charge is -2.33. The summed E-state index contributed by atoms with van der Waals surface area (Å²) in [4.78, 5) is 66.7. The van der Waals surface area contributed by atoms with Gasteiger partial charge in [-0.25, -0.2) is 8.78 Å². The van der Waals surface area contributed by atoms with Crippen molar-refractivity contribution in [2.45, 2.75) is 140 Å². The Morgan fingerprint density at radius 3 is 1.80 bits per heavy atom. The molecule has 22 heteroatoms. The van der Waals surface area contributed by atoms with Gasteiger partial charge in [0.15, 0.2) is 10.3 Å². The monoisotopic (exact) mass is 1390 g/mol. The van der Waals surface area contributed by atoms with Crippen LogP contribution in [0, 0.1) is 18.6 Å². The molecule has 1 unspecified atom stereocenters. The number of hydrogen-bond acceptors (Lipinski definition) is 10. The van der Waals surface area contributed by atoms with Gasteiger partial charge < -0.3 is 28.7 Å². The number of carbonyl (C=O) groups is 2. The molecule has 0 saturated carbocycles. The van der Waals surface area contributed by atoms with Gasteiger partial charge in [0.05, 0.1) is 39.1 Å². The van der Waals surface area contributed by atoms with Gasteiger partial charge in [-0.05, 0) is 171 Å². The second-order valence-electron chi connectivity index (χ2n) is 21.1. The summed E-state index contributed by atoms with van der Waals surface area (Å²) in [5, 5.41) is -0.669. The van der Waals surface area contributed by atoms with Crippen molar-refractivity contribution in [2.75, 3.05) is 52.2 Å². The number of alkyl halides is 6. The molecule has 0 N–H and O–H groups in total. The molecule has 2 heterocycles. The van der Waals surface area contributed by atoms with Crippen LogP contribution >= 0.6 is 23.5 Å². The van der Waals surface area contributed by atoms with E-state index in [0.717, 1.165) is 50.2 Å². The normalized spacial score (nSPS) is 20.0. The van der Waals surface area contributed by atoms with Crippen LogP contribution in [0.5, 0.6) is 0 Å². The lowest BCUT2D eigenvalue weighted by Crippen LogP contribution is -2.42. The molecule has 0 spiro atoms. The number of likely N-dealkylation sites (N-methyl/N-ethyl adjacent to an activating group) is 2. The predicted molar refractivity (Wildman–Crippen MR) is 363 cm³/mol. The minimum Gasteiger partial charge on any atom is -0.336 e. The molecule has 2 aliphatic rings. The first-order valence-corrected chi connectivity index (χ1v) is 31.5. The molecule has 1 atom stereocenters. The number of nitrogens with zero attached hydrogens (tertiary/aromatic N) is 8. The third-order valence-corrected chi connectivity index (χ3v) is 16.9. The van der Waals surface area contributed by atoms with Crippen LogP contribution in [0.3, 0.4) is 0 Å². The summed E-state index contributed by atoms with van der Waals surface area (Å²) >= 11 is 1.40. The van der Waals surface area contributed by atoms with Gasteiger partial charge in [-0.1, -0.05) is 148 Å². The molecule has 12 nitrogen and oxygen atoms in total. The first-order chi connectivity index (χ1) is 56.8. The lowest BCUT2D eigenvalue weighted by atomic mass is 9.98. The molecule has 2 amide bonds. The van der Waals surface area contributed by atoms with Crippen LogP contribution in [0.15, 0.2) is 159 Å². The highest BCUT2D eigenvalue weighted by atomic mass is 32.2. The van der Waals surface area contributed by atoms with E-state index in [-0.39, 0.29) is 46.2 Å². The summed E-state index contributed by atoms with van der Waals surface area (Å²) in [6, 6.07) is 0.597. The number of benzene rings is 6. The minimum absolute atomic E-state index is 0.0900. The zero-order valence-electron chi connectivity index (χ0n) is 80.3. The number of rotatable bonds is 26. The average molecular weight is 1390 g/mol. The van der Waals surface area contributed by atoms with Crippen molar-refractivity contribution in [2.24, 2.45) is 0 Å². The van der Waals surface area contributed by atoms with Gasteiger partial charge in [-0.3, -0.25) is 19.2 Å². The zero-order chi connectivity index (χ0) is 93.7. The van der Waals surface area contributed by atoms with Gasteiger partial charge in [0.2, 0.25) is 11.8 Å². The van der Waals surface area contributed by atoms with Crippen molar-refractivity contribution in [1.82, 2.24) is 38.7 Å². The third kappa shape index (κ3) is 18.6. The van der Waals surface area contributed by atoms with E-state index in [2.05, 4.69) is 9.97 Å². The molecule has 6 aromatic carbocycles. The topological polar surface area (TPSA) is 117 Å². The van der Waals surface area contributed by atoms with Crippen LogP contribution < -0.4 is 11.1 Å². The highest BCUT2D eigenvalue weighted by molar-refractivity contribution is 7.98. The van der Waals surface area contributed by atoms with Crippen LogP contribution in [0.4, 0.5) is 35.1 Å². The van der Waals surface area contributed by atoms with Crippen molar-refractivity contribution < 1.29 is 83.1 Å². The number of hydrogen-bond donors (Lipinski definition) is 0. The van der Waals surface area contributed by atoms with Gasteiger partial charge in [-0.2, -0.15) is 36.3 Å². The van der Waals surface area contributed by atoms with E-state index in [0.29, 0.717) is 56.0 Å². The Morgan fingerprint density at radius 1 is 0.625 bits per heavy atom. The number of thioether (sulfide) groups is 2. The fourth-order valence-corrected chi connectivity index (χ4v) is 11.6. The Balaban J connectivity index is 0.000000293. The van der Waals surface area contributed by atoms with Gasteiger partial charge in [0, 0.05) is 83.0 Å². The van der Waals surface area contributed by atoms with Gasteiger partial charge in [0.25, 0.3) is 11.1 Å². The van der Waals surface area contributed by atoms with E-state index in [1.807, 2.05) is 0 Å². The molecular formula is C74H80F8N8O4S2. The van der Waals surface area contributed by atoms with E-state index in [1.165, 1.54) is 48.2 Å². The number of fused-ring (bicyclic) bond motifs is 2. The van der Waals surface area contributed by atoms with Crippen LogP contribution in [0.1, 0.15) is 153 Å². The summed E-state index contributed by atoms with van der Waals surface area (Å²) in [7, 11) is 0. The van der Waals surface area contributed by atoms with Crippen molar-refractivity contribution in [3.63, 3.8) is 0 Å². The maximum atomic E-state index is 15.0. The molecule has 2 aromatic heterocycles. The highest BCUT2D eigenvalue weighted by Gasteiger charge is 2.34. The highest BCUT2D eigenvalue weighted by Crippen LogP contribution is 2.36. The van der Waals surface area contributed by atoms with E-state index in [1.54, 1.807) is 42.7 Å². The summed E-state index contributed by atoms with van der Waals surface area (Å²) in [5.41, 5.74) is -9.08. The molecule has 508 valence electrons. The number of aromatic nitrogens is 4. The molecule has 0 saturated heterocycles. The van der Waals surface area contributed by atoms with Crippen molar-refractivity contribution in [3.05, 3.63) is 233 Å². The van der Waals surface area contributed by atoms with Gasteiger partial charge in [-0.15, -0.1) is 0 Å². The maximum Gasteiger partial charge on any atom is 0.416 e. The summed E-state index contributed by atoms with van der Waals surface area (Å²) in [6.45, 7) is -11.8. The standard InChI is InChI=1S/2C37H40F4N4O2S/c1-4-43(5-2)21-22-44(25(3)27-11-13-28(14-12-27)29-15-17-30(18-16-29)37(39,40)41)34(46)23-45-33-8-6-7-32(33)35(47)42-36(45)48-24-26-9-19-31(38)20-10-26;1-4-43(5-2)19-20-44(22-26-9-13-28(14-10-26)29-15-18-32(25(3)21-29)37(39,40)41)34(46)23-45-33-8-6-7-31(33)35(47)42-36(45)48-24-27-11-16-30(38)17-12-27/h9-20,25H,4-8,21-24H2,1-3H3;9-18,21H,4-8,19-20,22-24H2,1-3H3/i21D2,22D2,25D;4D2,5D2,6D2,7D2,8D2,9D,10D,11D,12D,13D,14D,15D,16D,17D,18D,21D,22D2.